The molecule has 1 N–H and O–H groups in total. The Labute approximate surface area is 132 Å². The van der Waals surface area contributed by atoms with Crippen LogP contribution in [0.2, 0.25) is 0 Å². The van der Waals surface area contributed by atoms with Gasteiger partial charge in [-0.3, -0.25) is 9.52 Å². The average molecular weight is 325 g/mol. The largest absolute Gasteiger partial charge is 0.343 e. The Hall–Kier alpha value is -1.60. The number of rotatable bonds is 6. The van der Waals surface area contributed by atoms with Crippen LogP contribution < -0.4 is 4.72 Å². The van der Waals surface area contributed by atoms with Gasteiger partial charge < -0.3 is 4.90 Å². The van der Waals surface area contributed by atoms with Crippen molar-refractivity contribution in [3.05, 3.63) is 29.8 Å². The summed E-state index contributed by atoms with van der Waals surface area (Å²) >= 11 is 0. The molecule has 22 heavy (non-hydrogen) atoms. The van der Waals surface area contributed by atoms with E-state index in [1.807, 2.05) is 17.0 Å². The SMILES string of the molecule is CN(C)S(=O)(=O)Nc1ccc(CCC(=O)N2CCCC2)cc1. The number of hydrogen-bond donors (Lipinski definition) is 1. The molecule has 0 spiro atoms. The molecule has 2 rings (SSSR count). The number of nitrogens with one attached hydrogen (secondary N) is 1. The zero-order chi connectivity index (χ0) is 16.2. The molecule has 0 bridgehead atoms. The minimum atomic E-state index is -3.48. The summed E-state index contributed by atoms with van der Waals surface area (Å²) in [4.78, 5) is 13.9. The summed E-state index contributed by atoms with van der Waals surface area (Å²) in [6.07, 6.45) is 3.39. The number of amides is 1. The third kappa shape index (κ3) is 4.45. The van der Waals surface area contributed by atoms with Gasteiger partial charge >= 0.3 is 10.2 Å². The van der Waals surface area contributed by atoms with E-state index in [0.717, 1.165) is 35.8 Å². The third-order valence-electron chi connectivity index (χ3n) is 3.77. The molecule has 0 aromatic heterocycles. The maximum Gasteiger partial charge on any atom is 0.301 e. The maximum atomic E-state index is 12.0. The van der Waals surface area contributed by atoms with Crippen LogP contribution in [0.25, 0.3) is 0 Å². The minimum absolute atomic E-state index is 0.204. The Morgan fingerprint density at radius 1 is 1.18 bits per heavy atom. The van der Waals surface area contributed by atoms with E-state index in [0.29, 0.717) is 18.5 Å². The van der Waals surface area contributed by atoms with Gasteiger partial charge in [-0.25, -0.2) is 0 Å². The first-order valence-corrected chi connectivity index (χ1v) is 8.89. The average Bonchev–Trinajstić information content (AvgIpc) is 3.00. The molecule has 1 amide bonds. The van der Waals surface area contributed by atoms with Gasteiger partial charge in [-0.1, -0.05) is 12.1 Å². The lowest BCUT2D eigenvalue weighted by atomic mass is 10.1. The summed E-state index contributed by atoms with van der Waals surface area (Å²) in [6.45, 7) is 1.76. The first kappa shape index (κ1) is 16.8. The summed E-state index contributed by atoms with van der Waals surface area (Å²) in [5.74, 6) is 0.204. The molecule has 7 heteroatoms. The summed E-state index contributed by atoms with van der Waals surface area (Å²) in [7, 11) is -0.533. The molecular formula is C15H23N3O3S. The molecule has 0 atom stereocenters. The highest BCUT2D eigenvalue weighted by Gasteiger charge is 2.17. The van der Waals surface area contributed by atoms with E-state index in [2.05, 4.69) is 4.72 Å². The number of carbonyl (C=O) groups excluding carboxylic acids is 1. The number of nitrogens with zero attached hydrogens (tertiary/aromatic N) is 2. The second-order valence-corrected chi connectivity index (χ2v) is 7.56. The third-order valence-corrected chi connectivity index (χ3v) is 5.22. The van der Waals surface area contributed by atoms with E-state index in [1.165, 1.54) is 14.1 Å². The fourth-order valence-electron chi connectivity index (χ4n) is 2.36. The van der Waals surface area contributed by atoms with Crippen LogP contribution in [0, 0.1) is 0 Å². The molecule has 1 aromatic rings. The molecule has 1 aliphatic heterocycles. The molecule has 1 aliphatic rings. The summed E-state index contributed by atoms with van der Waals surface area (Å²) in [6, 6.07) is 7.14. The van der Waals surface area contributed by atoms with Crippen molar-refractivity contribution >= 4 is 21.8 Å². The van der Waals surface area contributed by atoms with Crippen LogP contribution in [0.5, 0.6) is 0 Å². The van der Waals surface area contributed by atoms with Crippen LogP contribution in [0.15, 0.2) is 24.3 Å². The van der Waals surface area contributed by atoms with Crippen LogP contribution in [0.4, 0.5) is 5.69 Å². The van der Waals surface area contributed by atoms with Crippen LogP contribution in [0.1, 0.15) is 24.8 Å². The second-order valence-electron chi connectivity index (χ2n) is 5.67. The van der Waals surface area contributed by atoms with Gasteiger partial charge in [0.2, 0.25) is 5.91 Å². The second kappa shape index (κ2) is 7.11. The first-order valence-electron chi connectivity index (χ1n) is 7.45. The lowest BCUT2D eigenvalue weighted by Gasteiger charge is -2.15. The van der Waals surface area contributed by atoms with Gasteiger partial charge in [0.1, 0.15) is 0 Å². The van der Waals surface area contributed by atoms with Gasteiger partial charge in [0, 0.05) is 39.3 Å². The van der Waals surface area contributed by atoms with Gasteiger partial charge in [0.05, 0.1) is 0 Å². The van der Waals surface area contributed by atoms with Crippen molar-refractivity contribution in [2.75, 3.05) is 31.9 Å². The zero-order valence-corrected chi connectivity index (χ0v) is 13.9. The van der Waals surface area contributed by atoms with Gasteiger partial charge in [0.25, 0.3) is 0 Å². The highest BCUT2D eigenvalue weighted by Crippen LogP contribution is 2.15. The fourth-order valence-corrected chi connectivity index (χ4v) is 2.97. The summed E-state index contributed by atoms with van der Waals surface area (Å²) in [5.41, 5.74) is 1.55. The molecule has 0 unspecified atom stereocenters. The lowest BCUT2D eigenvalue weighted by Crippen LogP contribution is -2.28. The minimum Gasteiger partial charge on any atom is -0.343 e. The van der Waals surface area contributed by atoms with E-state index in [9.17, 15) is 13.2 Å². The van der Waals surface area contributed by atoms with Crippen molar-refractivity contribution in [2.24, 2.45) is 0 Å². The highest BCUT2D eigenvalue weighted by molar-refractivity contribution is 7.90. The zero-order valence-electron chi connectivity index (χ0n) is 13.1. The molecule has 1 saturated heterocycles. The fraction of sp³-hybridized carbons (Fsp3) is 0.533. The van der Waals surface area contributed by atoms with E-state index in [1.54, 1.807) is 12.1 Å². The van der Waals surface area contributed by atoms with Gasteiger partial charge in [-0.05, 0) is 37.0 Å². The van der Waals surface area contributed by atoms with E-state index in [-0.39, 0.29) is 5.91 Å². The van der Waals surface area contributed by atoms with Gasteiger partial charge in [0.15, 0.2) is 0 Å². The number of hydrogen-bond acceptors (Lipinski definition) is 3. The Balaban J connectivity index is 1.88. The summed E-state index contributed by atoms with van der Waals surface area (Å²) in [5, 5.41) is 0. The molecule has 1 heterocycles. The first-order chi connectivity index (χ1) is 10.4. The van der Waals surface area contributed by atoms with E-state index < -0.39 is 10.2 Å². The highest BCUT2D eigenvalue weighted by atomic mass is 32.2. The predicted octanol–water partition coefficient (Wildman–Crippen LogP) is 1.46. The standard InChI is InChI=1S/C15H23N3O3S/c1-17(2)22(20,21)16-14-8-5-13(6-9-14)7-10-15(19)18-11-3-4-12-18/h5-6,8-9,16H,3-4,7,10-12H2,1-2H3. The molecule has 1 aromatic carbocycles. The number of likely N-dealkylation sites (tertiary alicyclic amines) is 1. The lowest BCUT2D eigenvalue weighted by molar-refractivity contribution is -0.130. The van der Waals surface area contributed by atoms with Gasteiger partial charge in [-0.2, -0.15) is 12.7 Å². The molecule has 0 aliphatic carbocycles. The van der Waals surface area contributed by atoms with Crippen LogP contribution in [0.3, 0.4) is 0 Å². The molecule has 0 saturated carbocycles. The van der Waals surface area contributed by atoms with Crippen molar-refractivity contribution in [1.82, 2.24) is 9.21 Å². The van der Waals surface area contributed by atoms with Crippen molar-refractivity contribution in [1.29, 1.82) is 0 Å². The van der Waals surface area contributed by atoms with E-state index >= 15 is 0 Å². The number of benzene rings is 1. The van der Waals surface area contributed by atoms with Crippen molar-refractivity contribution in [3.8, 4) is 0 Å². The van der Waals surface area contributed by atoms with Crippen molar-refractivity contribution < 1.29 is 13.2 Å². The van der Waals surface area contributed by atoms with Crippen LogP contribution in [-0.4, -0.2) is 50.7 Å². The summed E-state index contributed by atoms with van der Waals surface area (Å²) < 4.78 is 27.0. The number of carbonyl (C=O) groups is 1. The van der Waals surface area contributed by atoms with Crippen molar-refractivity contribution in [3.63, 3.8) is 0 Å². The Kier molecular flexibility index (Phi) is 5.42. The van der Waals surface area contributed by atoms with Crippen molar-refractivity contribution in [2.45, 2.75) is 25.7 Å². The maximum absolute atomic E-state index is 12.0. The number of anilines is 1. The Morgan fingerprint density at radius 2 is 1.77 bits per heavy atom. The molecule has 6 nitrogen and oxygen atoms in total. The molecule has 1 fully saturated rings. The van der Waals surface area contributed by atoms with Crippen LogP contribution >= 0.6 is 0 Å². The molecular weight excluding hydrogens is 302 g/mol. The Bertz CT molecular complexity index is 605. The predicted molar refractivity (Wildman–Crippen MR) is 86.8 cm³/mol. The molecule has 122 valence electrons. The normalized spacial score (nSPS) is 15.3. The van der Waals surface area contributed by atoms with Crippen LogP contribution in [-0.2, 0) is 21.4 Å². The smallest absolute Gasteiger partial charge is 0.301 e. The molecule has 0 radical (unpaired) electrons. The van der Waals surface area contributed by atoms with E-state index in [4.69, 9.17) is 0 Å². The quantitative estimate of drug-likeness (QED) is 0.861. The number of aryl methyl sites for hydroxylation is 1. The topological polar surface area (TPSA) is 69.7 Å². The Morgan fingerprint density at radius 3 is 2.32 bits per heavy atom. The van der Waals surface area contributed by atoms with Gasteiger partial charge in [-0.15, -0.1) is 0 Å². The monoisotopic (exact) mass is 325 g/mol.